The lowest BCUT2D eigenvalue weighted by Crippen LogP contribution is -2.30. The fourth-order valence-electron chi connectivity index (χ4n) is 3.08. The van der Waals surface area contributed by atoms with Gasteiger partial charge in [-0.15, -0.1) is 0 Å². The highest BCUT2D eigenvalue weighted by Crippen LogP contribution is 2.26. The molecule has 2 aromatic heterocycles. The number of carbonyl (C=O) groups excluding carboxylic acids is 2. The molecule has 0 aliphatic rings. The van der Waals surface area contributed by atoms with Crippen LogP contribution >= 0.6 is 0 Å². The number of hydrogen-bond acceptors (Lipinski definition) is 5. The van der Waals surface area contributed by atoms with Crippen LogP contribution in [0, 0.1) is 0 Å². The number of hydrogen-bond donors (Lipinski definition) is 1. The summed E-state index contributed by atoms with van der Waals surface area (Å²) in [7, 11) is 3.89. The van der Waals surface area contributed by atoms with E-state index in [2.05, 4.69) is 5.32 Å². The smallest absolute Gasteiger partial charge is 0.291 e. The van der Waals surface area contributed by atoms with Gasteiger partial charge in [0.25, 0.3) is 5.91 Å². The van der Waals surface area contributed by atoms with Crippen molar-refractivity contribution in [2.45, 2.75) is 26.4 Å². The second kappa shape index (κ2) is 9.14. The van der Waals surface area contributed by atoms with E-state index in [0.717, 1.165) is 17.0 Å². The summed E-state index contributed by atoms with van der Waals surface area (Å²) >= 11 is 0. The van der Waals surface area contributed by atoms with Gasteiger partial charge in [-0.2, -0.15) is 0 Å². The van der Waals surface area contributed by atoms with E-state index in [1.165, 1.54) is 6.26 Å². The van der Waals surface area contributed by atoms with Gasteiger partial charge in [0, 0.05) is 38.4 Å². The topological polar surface area (TPSA) is 78.9 Å². The zero-order valence-corrected chi connectivity index (χ0v) is 16.8. The Labute approximate surface area is 169 Å². The molecule has 0 saturated heterocycles. The Bertz CT molecular complexity index is 947. The Morgan fingerprint density at radius 1 is 1.00 bits per heavy atom. The highest BCUT2D eigenvalue weighted by atomic mass is 16.3. The maximum absolute atomic E-state index is 12.5. The van der Waals surface area contributed by atoms with Gasteiger partial charge in [-0.25, -0.2) is 0 Å². The minimum Gasteiger partial charge on any atom is -0.467 e. The van der Waals surface area contributed by atoms with Crippen LogP contribution in [0.5, 0.6) is 0 Å². The third-order valence-corrected chi connectivity index (χ3v) is 4.51. The first-order valence-corrected chi connectivity index (χ1v) is 9.43. The standard InChI is InChI=1S/C22H25N3O4/c1-4-21(26)25(15-18-7-5-11-28-18)14-16-13-17(9-10-19(16)24(2)3)23-22(27)20-8-6-12-29-20/h5-13H,4,14-15H2,1-3H3,(H,23,27). The van der Waals surface area contributed by atoms with Crippen LogP contribution in [0.15, 0.2) is 63.8 Å². The molecular formula is C22H25N3O4. The molecule has 0 bridgehead atoms. The Kier molecular flexibility index (Phi) is 6.39. The molecule has 1 N–H and O–H groups in total. The van der Waals surface area contributed by atoms with E-state index >= 15 is 0 Å². The summed E-state index contributed by atoms with van der Waals surface area (Å²) in [6, 6.07) is 12.6. The van der Waals surface area contributed by atoms with Crippen molar-refractivity contribution in [3.8, 4) is 0 Å². The largest absolute Gasteiger partial charge is 0.467 e. The van der Waals surface area contributed by atoms with E-state index in [0.29, 0.717) is 25.2 Å². The van der Waals surface area contributed by atoms with Crippen molar-refractivity contribution in [3.63, 3.8) is 0 Å². The monoisotopic (exact) mass is 395 g/mol. The summed E-state index contributed by atoms with van der Waals surface area (Å²) in [5, 5.41) is 2.84. The van der Waals surface area contributed by atoms with E-state index < -0.39 is 0 Å². The maximum atomic E-state index is 12.5. The Hall–Kier alpha value is -3.48. The average molecular weight is 395 g/mol. The summed E-state index contributed by atoms with van der Waals surface area (Å²) < 4.78 is 10.6. The number of nitrogens with one attached hydrogen (secondary N) is 1. The fourth-order valence-corrected chi connectivity index (χ4v) is 3.08. The molecule has 0 aliphatic carbocycles. The number of rotatable bonds is 8. The molecule has 0 unspecified atom stereocenters. The predicted octanol–water partition coefficient (Wildman–Crippen LogP) is 4.13. The van der Waals surface area contributed by atoms with Crippen LogP contribution in [0.2, 0.25) is 0 Å². The first-order chi connectivity index (χ1) is 14.0. The van der Waals surface area contributed by atoms with Crippen LogP contribution in [0.1, 0.15) is 35.2 Å². The molecule has 0 saturated carbocycles. The Balaban J connectivity index is 1.85. The van der Waals surface area contributed by atoms with Crippen LogP contribution in [-0.2, 0) is 17.9 Å². The minimum atomic E-state index is -0.323. The van der Waals surface area contributed by atoms with Crippen LogP contribution < -0.4 is 10.2 Å². The molecule has 0 fully saturated rings. The second-order valence-electron chi connectivity index (χ2n) is 6.85. The van der Waals surface area contributed by atoms with Crippen molar-refractivity contribution in [1.82, 2.24) is 4.90 Å². The maximum Gasteiger partial charge on any atom is 0.291 e. The van der Waals surface area contributed by atoms with E-state index in [1.54, 1.807) is 29.4 Å². The molecule has 1 aromatic carbocycles. The molecule has 2 amide bonds. The van der Waals surface area contributed by atoms with Crippen molar-refractivity contribution in [2.24, 2.45) is 0 Å². The molecule has 29 heavy (non-hydrogen) atoms. The number of anilines is 2. The van der Waals surface area contributed by atoms with Gasteiger partial charge in [-0.1, -0.05) is 6.92 Å². The first kappa shape index (κ1) is 20.3. The van der Waals surface area contributed by atoms with Crippen LogP contribution in [0.4, 0.5) is 11.4 Å². The quantitative estimate of drug-likeness (QED) is 0.620. The number of nitrogens with zero attached hydrogens (tertiary/aromatic N) is 2. The highest BCUT2D eigenvalue weighted by Gasteiger charge is 2.18. The minimum absolute atomic E-state index is 0.0242. The normalized spacial score (nSPS) is 10.6. The van der Waals surface area contributed by atoms with Gasteiger partial charge in [0.05, 0.1) is 19.1 Å². The van der Waals surface area contributed by atoms with Crippen LogP contribution in [0.3, 0.4) is 0 Å². The second-order valence-corrected chi connectivity index (χ2v) is 6.85. The zero-order valence-electron chi connectivity index (χ0n) is 16.8. The van der Waals surface area contributed by atoms with E-state index in [9.17, 15) is 9.59 Å². The summed E-state index contributed by atoms with van der Waals surface area (Å²) in [6.45, 7) is 2.62. The fraction of sp³-hybridized carbons (Fsp3) is 0.273. The van der Waals surface area contributed by atoms with Crippen molar-refractivity contribution in [3.05, 3.63) is 72.1 Å². The summed E-state index contributed by atoms with van der Waals surface area (Å²) in [5.41, 5.74) is 2.52. The Morgan fingerprint density at radius 3 is 2.38 bits per heavy atom. The third-order valence-electron chi connectivity index (χ3n) is 4.51. The summed E-state index contributed by atoms with van der Waals surface area (Å²) in [5.74, 6) is 0.663. The Morgan fingerprint density at radius 2 is 1.76 bits per heavy atom. The number of amides is 2. The molecule has 3 aromatic rings. The van der Waals surface area contributed by atoms with Gasteiger partial charge in [0.2, 0.25) is 5.91 Å². The molecule has 0 spiro atoms. The van der Waals surface area contributed by atoms with E-state index in [1.807, 2.05) is 50.2 Å². The molecule has 7 heteroatoms. The van der Waals surface area contributed by atoms with Gasteiger partial charge in [-0.05, 0) is 48.0 Å². The van der Waals surface area contributed by atoms with Crippen molar-refractivity contribution >= 4 is 23.2 Å². The van der Waals surface area contributed by atoms with Crippen molar-refractivity contribution in [1.29, 1.82) is 0 Å². The lowest BCUT2D eigenvalue weighted by atomic mass is 10.1. The van der Waals surface area contributed by atoms with Gasteiger partial charge in [0.15, 0.2) is 5.76 Å². The van der Waals surface area contributed by atoms with E-state index in [-0.39, 0.29) is 17.6 Å². The number of carbonyl (C=O) groups is 2. The lowest BCUT2D eigenvalue weighted by molar-refractivity contribution is -0.132. The average Bonchev–Trinajstić information content (AvgIpc) is 3.41. The van der Waals surface area contributed by atoms with Crippen LogP contribution in [0.25, 0.3) is 0 Å². The predicted molar refractivity (Wildman–Crippen MR) is 111 cm³/mol. The third kappa shape index (κ3) is 5.07. The van der Waals surface area contributed by atoms with E-state index in [4.69, 9.17) is 8.83 Å². The SMILES string of the molecule is CCC(=O)N(Cc1ccco1)Cc1cc(NC(=O)c2ccco2)ccc1N(C)C. The number of benzene rings is 1. The molecule has 0 aliphatic heterocycles. The molecule has 0 radical (unpaired) electrons. The zero-order chi connectivity index (χ0) is 20.8. The van der Waals surface area contributed by atoms with Crippen molar-refractivity contribution < 1.29 is 18.4 Å². The molecule has 2 heterocycles. The number of furan rings is 2. The molecule has 0 atom stereocenters. The van der Waals surface area contributed by atoms with Gasteiger partial charge in [0.1, 0.15) is 5.76 Å². The van der Waals surface area contributed by atoms with Crippen molar-refractivity contribution in [2.75, 3.05) is 24.3 Å². The lowest BCUT2D eigenvalue weighted by Gasteiger charge is -2.25. The summed E-state index contributed by atoms with van der Waals surface area (Å²) in [4.78, 5) is 28.6. The first-order valence-electron chi connectivity index (χ1n) is 9.43. The van der Waals surface area contributed by atoms with Crippen LogP contribution in [-0.4, -0.2) is 30.8 Å². The van der Waals surface area contributed by atoms with Gasteiger partial charge >= 0.3 is 0 Å². The molecule has 3 rings (SSSR count). The van der Waals surface area contributed by atoms with Gasteiger partial charge < -0.3 is 24.0 Å². The molecular weight excluding hydrogens is 370 g/mol. The summed E-state index contributed by atoms with van der Waals surface area (Å²) in [6.07, 6.45) is 3.45. The molecule has 7 nitrogen and oxygen atoms in total. The molecule has 152 valence electrons. The van der Waals surface area contributed by atoms with Gasteiger partial charge in [-0.3, -0.25) is 9.59 Å². The highest BCUT2D eigenvalue weighted by molar-refractivity contribution is 6.02.